The Labute approximate surface area is 106 Å². The molecule has 1 aromatic rings. The number of ether oxygens (including phenoxy) is 3. The number of methoxy groups -OCH3 is 2. The fourth-order valence-corrected chi connectivity index (χ4v) is 3.16. The van der Waals surface area contributed by atoms with Crippen molar-refractivity contribution in [3.05, 3.63) is 11.6 Å². The summed E-state index contributed by atoms with van der Waals surface area (Å²) in [5.41, 5.74) is 1.01. The van der Waals surface area contributed by atoms with E-state index < -0.39 is 0 Å². The molecule has 0 saturated heterocycles. The quantitative estimate of drug-likeness (QED) is 0.876. The minimum Gasteiger partial charge on any atom is -0.502 e. The molecule has 0 spiro atoms. The standard InChI is InChI=1S/C14H18O4/c1-16-11-7-10-12(14(17-2)13(11)15)8-5-3-4-6-9(8)18-10/h7-9,15H,3-6H2,1-2H3/t8-,9+/m0/s1. The van der Waals surface area contributed by atoms with E-state index in [4.69, 9.17) is 14.2 Å². The number of fused-ring (bicyclic) bond motifs is 3. The highest BCUT2D eigenvalue weighted by atomic mass is 16.5. The van der Waals surface area contributed by atoms with Gasteiger partial charge < -0.3 is 19.3 Å². The fourth-order valence-electron chi connectivity index (χ4n) is 3.16. The van der Waals surface area contributed by atoms with Crippen LogP contribution in [0, 0.1) is 0 Å². The zero-order valence-corrected chi connectivity index (χ0v) is 10.7. The second-order valence-electron chi connectivity index (χ2n) is 4.92. The maximum absolute atomic E-state index is 10.1. The number of phenols is 1. The zero-order chi connectivity index (χ0) is 12.7. The van der Waals surface area contributed by atoms with Crippen LogP contribution in [0.2, 0.25) is 0 Å². The van der Waals surface area contributed by atoms with Gasteiger partial charge >= 0.3 is 0 Å². The lowest BCUT2D eigenvalue weighted by Crippen LogP contribution is -2.22. The molecule has 4 nitrogen and oxygen atoms in total. The summed E-state index contributed by atoms with van der Waals surface area (Å²) in [7, 11) is 3.10. The first kappa shape index (κ1) is 11.5. The molecule has 0 unspecified atom stereocenters. The minimum atomic E-state index is 0.0774. The van der Waals surface area contributed by atoms with Gasteiger partial charge in [-0.25, -0.2) is 0 Å². The van der Waals surface area contributed by atoms with Crippen LogP contribution in [-0.4, -0.2) is 25.4 Å². The molecule has 1 aliphatic carbocycles. The topological polar surface area (TPSA) is 47.9 Å². The van der Waals surface area contributed by atoms with E-state index in [2.05, 4.69) is 0 Å². The van der Waals surface area contributed by atoms with Gasteiger partial charge in [-0.1, -0.05) is 6.42 Å². The molecule has 0 bridgehead atoms. The molecule has 0 radical (unpaired) electrons. The second-order valence-corrected chi connectivity index (χ2v) is 4.92. The molecule has 3 rings (SSSR count). The molecule has 1 fully saturated rings. The van der Waals surface area contributed by atoms with Crippen molar-refractivity contribution >= 4 is 0 Å². The molecule has 98 valence electrons. The smallest absolute Gasteiger partial charge is 0.201 e. The number of hydrogen-bond acceptors (Lipinski definition) is 4. The minimum absolute atomic E-state index is 0.0774. The van der Waals surface area contributed by atoms with E-state index in [1.165, 1.54) is 20.0 Å². The van der Waals surface area contributed by atoms with Crippen molar-refractivity contribution in [1.29, 1.82) is 0 Å². The lowest BCUT2D eigenvalue weighted by Gasteiger charge is -2.24. The summed E-state index contributed by atoms with van der Waals surface area (Å²) in [5.74, 6) is 2.15. The summed E-state index contributed by atoms with van der Waals surface area (Å²) < 4.78 is 16.5. The summed E-state index contributed by atoms with van der Waals surface area (Å²) in [6.07, 6.45) is 4.82. The molecule has 0 aromatic heterocycles. The van der Waals surface area contributed by atoms with Crippen molar-refractivity contribution in [2.45, 2.75) is 37.7 Å². The third-order valence-corrected chi connectivity index (χ3v) is 4.00. The van der Waals surface area contributed by atoms with Crippen molar-refractivity contribution < 1.29 is 19.3 Å². The average molecular weight is 250 g/mol. The molecular weight excluding hydrogens is 232 g/mol. The third-order valence-electron chi connectivity index (χ3n) is 4.00. The maximum Gasteiger partial charge on any atom is 0.201 e. The molecule has 1 aliphatic heterocycles. The maximum atomic E-state index is 10.1. The SMILES string of the molecule is COc1cc2c(c(OC)c1O)[C@H]1CCCC[C@H]1O2. The van der Waals surface area contributed by atoms with Gasteiger partial charge in [-0.3, -0.25) is 0 Å². The highest BCUT2D eigenvalue weighted by Gasteiger charge is 2.40. The summed E-state index contributed by atoms with van der Waals surface area (Å²) in [4.78, 5) is 0. The van der Waals surface area contributed by atoms with Gasteiger partial charge in [0.2, 0.25) is 5.75 Å². The summed E-state index contributed by atoms with van der Waals surface area (Å²) in [5, 5.41) is 10.1. The van der Waals surface area contributed by atoms with Crippen LogP contribution in [0.15, 0.2) is 6.07 Å². The van der Waals surface area contributed by atoms with E-state index >= 15 is 0 Å². The molecule has 4 heteroatoms. The highest BCUT2D eigenvalue weighted by Crippen LogP contribution is 2.55. The number of benzene rings is 1. The Hall–Kier alpha value is -1.58. The van der Waals surface area contributed by atoms with Crippen LogP contribution < -0.4 is 14.2 Å². The van der Waals surface area contributed by atoms with E-state index in [0.29, 0.717) is 17.4 Å². The van der Waals surface area contributed by atoms with Gasteiger partial charge in [-0.15, -0.1) is 0 Å². The lowest BCUT2D eigenvalue weighted by atomic mass is 9.83. The van der Waals surface area contributed by atoms with E-state index in [1.54, 1.807) is 13.2 Å². The predicted molar refractivity (Wildman–Crippen MR) is 66.8 cm³/mol. The van der Waals surface area contributed by atoms with Crippen molar-refractivity contribution in [3.63, 3.8) is 0 Å². The van der Waals surface area contributed by atoms with Crippen molar-refractivity contribution in [2.24, 2.45) is 0 Å². The largest absolute Gasteiger partial charge is 0.502 e. The normalized spacial score (nSPS) is 25.0. The van der Waals surface area contributed by atoms with Gasteiger partial charge in [0.1, 0.15) is 11.9 Å². The first-order chi connectivity index (χ1) is 8.76. The van der Waals surface area contributed by atoms with Crippen LogP contribution in [-0.2, 0) is 0 Å². The van der Waals surface area contributed by atoms with Crippen LogP contribution in [0.5, 0.6) is 23.0 Å². The monoisotopic (exact) mass is 250 g/mol. The van der Waals surface area contributed by atoms with Gasteiger partial charge in [0.25, 0.3) is 0 Å². The van der Waals surface area contributed by atoms with Crippen molar-refractivity contribution in [2.75, 3.05) is 14.2 Å². The Morgan fingerprint density at radius 2 is 2.00 bits per heavy atom. The van der Waals surface area contributed by atoms with Gasteiger partial charge in [0, 0.05) is 17.5 Å². The molecule has 0 amide bonds. The molecule has 2 atom stereocenters. The summed E-state index contributed by atoms with van der Waals surface area (Å²) >= 11 is 0. The van der Waals surface area contributed by atoms with Crippen molar-refractivity contribution in [1.82, 2.24) is 0 Å². The van der Waals surface area contributed by atoms with E-state index in [9.17, 15) is 5.11 Å². The fraction of sp³-hybridized carbons (Fsp3) is 0.571. The first-order valence-corrected chi connectivity index (χ1v) is 6.40. The van der Waals surface area contributed by atoms with Gasteiger partial charge in [-0.05, 0) is 19.3 Å². The van der Waals surface area contributed by atoms with Gasteiger partial charge in [-0.2, -0.15) is 0 Å². The Balaban J connectivity index is 2.12. The highest BCUT2D eigenvalue weighted by molar-refractivity contribution is 5.63. The Morgan fingerprint density at radius 1 is 1.22 bits per heavy atom. The Bertz CT molecular complexity index is 469. The number of phenolic OH excluding ortho intramolecular Hbond substituents is 1. The third kappa shape index (κ3) is 1.51. The van der Waals surface area contributed by atoms with E-state index in [-0.39, 0.29) is 11.9 Å². The number of hydrogen-bond donors (Lipinski definition) is 1. The molecule has 18 heavy (non-hydrogen) atoms. The summed E-state index contributed by atoms with van der Waals surface area (Å²) in [6, 6.07) is 1.77. The van der Waals surface area contributed by atoms with Crippen LogP contribution >= 0.6 is 0 Å². The zero-order valence-electron chi connectivity index (χ0n) is 10.7. The van der Waals surface area contributed by atoms with Crippen LogP contribution in [0.4, 0.5) is 0 Å². The van der Waals surface area contributed by atoms with E-state index in [1.807, 2.05) is 0 Å². The van der Waals surface area contributed by atoms with Crippen LogP contribution in [0.25, 0.3) is 0 Å². The Kier molecular flexibility index (Phi) is 2.73. The van der Waals surface area contributed by atoms with Gasteiger partial charge in [0.05, 0.1) is 14.2 Å². The molecule has 1 aromatic carbocycles. The number of aromatic hydroxyl groups is 1. The second kappa shape index (κ2) is 4.26. The van der Waals surface area contributed by atoms with Crippen LogP contribution in [0.3, 0.4) is 0 Å². The molecule has 1 saturated carbocycles. The molecule has 2 aliphatic rings. The Morgan fingerprint density at radius 3 is 2.72 bits per heavy atom. The van der Waals surface area contributed by atoms with Gasteiger partial charge in [0.15, 0.2) is 11.5 Å². The predicted octanol–water partition coefficient (Wildman–Crippen LogP) is 2.83. The first-order valence-electron chi connectivity index (χ1n) is 6.40. The lowest BCUT2D eigenvalue weighted by molar-refractivity contribution is 0.163. The summed E-state index contributed by atoms with van der Waals surface area (Å²) in [6.45, 7) is 0. The molecule has 1 heterocycles. The average Bonchev–Trinajstić information content (AvgIpc) is 2.76. The van der Waals surface area contributed by atoms with E-state index in [0.717, 1.165) is 24.2 Å². The molecular formula is C14H18O4. The van der Waals surface area contributed by atoms with Crippen molar-refractivity contribution in [3.8, 4) is 23.0 Å². The molecule has 1 N–H and O–H groups in total. The van der Waals surface area contributed by atoms with Crippen LogP contribution in [0.1, 0.15) is 37.2 Å². The number of rotatable bonds is 2.